The summed E-state index contributed by atoms with van der Waals surface area (Å²) in [5, 5.41) is 13.9. The van der Waals surface area contributed by atoms with Crippen LogP contribution in [0.25, 0.3) is 0 Å². The Balaban J connectivity index is 2.43. The Bertz CT molecular complexity index is 421. The van der Waals surface area contributed by atoms with Crippen molar-refractivity contribution >= 4 is 17.8 Å². The van der Waals surface area contributed by atoms with E-state index >= 15 is 0 Å². The standard InChI is InChI=1S/C12H16N2O4/c1-2-12(7-4-3-5-8(15)6-7)9(16)13-11(18)14-10(12)17/h6,8,15H,2-5H2,1H3,(H2,13,14,16,17,18)/t8-/m1/s1. The summed E-state index contributed by atoms with van der Waals surface area (Å²) in [4.78, 5) is 35.2. The van der Waals surface area contributed by atoms with Crippen LogP contribution in [-0.4, -0.2) is 29.1 Å². The van der Waals surface area contributed by atoms with E-state index in [-0.39, 0.29) is 6.42 Å². The Morgan fingerprint density at radius 2 is 1.94 bits per heavy atom. The summed E-state index contributed by atoms with van der Waals surface area (Å²) in [6, 6.07) is -0.786. The lowest BCUT2D eigenvalue weighted by Crippen LogP contribution is -2.63. The highest BCUT2D eigenvalue weighted by molar-refractivity contribution is 6.21. The largest absolute Gasteiger partial charge is 0.389 e. The van der Waals surface area contributed by atoms with Gasteiger partial charge >= 0.3 is 6.03 Å². The number of rotatable bonds is 2. The van der Waals surface area contributed by atoms with E-state index in [1.165, 1.54) is 0 Å². The molecule has 0 aromatic rings. The molecule has 98 valence electrons. The van der Waals surface area contributed by atoms with Gasteiger partial charge in [-0.15, -0.1) is 0 Å². The third-order valence-electron chi connectivity index (χ3n) is 3.65. The maximum absolute atomic E-state index is 12.1. The number of carbonyl (C=O) groups is 3. The van der Waals surface area contributed by atoms with Gasteiger partial charge in [0.15, 0.2) is 0 Å². The summed E-state index contributed by atoms with van der Waals surface area (Å²) in [6.07, 6.45) is 3.14. The van der Waals surface area contributed by atoms with Crippen LogP contribution in [0.3, 0.4) is 0 Å². The van der Waals surface area contributed by atoms with Gasteiger partial charge in [0, 0.05) is 0 Å². The van der Waals surface area contributed by atoms with E-state index in [1.807, 2.05) is 0 Å². The number of barbiturate groups is 1. The molecule has 0 aromatic heterocycles. The number of aliphatic hydroxyl groups excluding tert-OH is 1. The molecule has 4 amide bonds. The molecule has 0 aromatic carbocycles. The van der Waals surface area contributed by atoms with E-state index in [2.05, 4.69) is 10.6 Å². The van der Waals surface area contributed by atoms with E-state index in [9.17, 15) is 19.5 Å². The van der Waals surface area contributed by atoms with Crippen LogP contribution >= 0.6 is 0 Å². The second-order valence-electron chi connectivity index (χ2n) is 4.65. The minimum atomic E-state index is -1.35. The molecule has 0 radical (unpaired) electrons. The fourth-order valence-corrected chi connectivity index (χ4v) is 2.65. The molecule has 3 N–H and O–H groups in total. The van der Waals surface area contributed by atoms with E-state index < -0.39 is 29.4 Å². The van der Waals surface area contributed by atoms with Gasteiger partial charge in [-0.25, -0.2) is 4.79 Å². The second-order valence-corrected chi connectivity index (χ2v) is 4.65. The molecule has 1 aliphatic heterocycles. The zero-order valence-corrected chi connectivity index (χ0v) is 10.2. The van der Waals surface area contributed by atoms with Gasteiger partial charge < -0.3 is 5.11 Å². The average Bonchev–Trinajstić information content (AvgIpc) is 2.29. The molecular formula is C12H16N2O4. The van der Waals surface area contributed by atoms with Crippen LogP contribution in [0, 0.1) is 5.41 Å². The van der Waals surface area contributed by atoms with Crippen molar-refractivity contribution in [2.45, 2.75) is 38.7 Å². The quantitative estimate of drug-likeness (QED) is 0.484. The molecule has 2 aliphatic rings. The molecule has 1 saturated heterocycles. The summed E-state index contributed by atoms with van der Waals surface area (Å²) in [5.41, 5.74) is -0.749. The zero-order chi connectivity index (χ0) is 13.3. The number of hydrogen-bond donors (Lipinski definition) is 3. The number of urea groups is 1. The van der Waals surface area contributed by atoms with E-state index in [0.717, 1.165) is 6.42 Å². The maximum atomic E-state index is 12.1. The predicted molar refractivity (Wildman–Crippen MR) is 62.3 cm³/mol. The fourth-order valence-electron chi connectivity index (χ4n) is 2.65. The van der Waals surface area contributed by atoms with Gasteiger partial charge in [0.2, 0.25) is 11.8 Å². The Morgan fingerprint density at radius 3 is 2.44 bits per heavy atom. The maximum Gasteiger partial charge on any atom is 0.328 e. The van der Waals surface area contributed by atoms with Gasteiger partial charge in [0.1, 0.15) is 5.41 Å². The van der Waals surface area contributed by atoms with Crippen molar-refractivity contribution < 1.29 is 19.5 Å². The highest BCUT2D eigenvalue weighted by atomic mass is 16.3. The Hall–Kier alpha value is -1.69. The van der Waals surface area contributed by atoms with Crippen molar-refractivity contribution in [2.75, 3.05) is 0 Å². The Labute approximate surface area is 104 Å². The van der Waals surface area contributed by atoms with Crippen molar-refractivity contribution in [3.05, 3.63) is 11.6 Å². The topological polar surface area (TPSA) is 95.5 Å². The van der Waals surface area contributed by atoms with Gasteiger partial charge in [0.05, 0.1) is 6.10 Å². The zero-order valence-electron chi connectivity index (χ0n) is 10.2. The lowest BCUT2D eigenvalue weighted by molar-refractivity contribution is -0.142. The first-order valence-electron chi connectivity index (χ1n) is 6.07. The van der Waals surface area contributed by atoms with Gasteiger partial charge in [-0.3, -0.25) is 20.2 Å². The highest BCUT2D eigenvalue weighted by Gasteiger charge is 2.51. The number of carbonyl (C=O) groups excluding carboxylic acids is 3. The second kappa shape index (κ2) is 4.53. The van der Waals surface area contributed by atoms with Crippen LogP contribution in [0.2, 0.25) is 0 Å². The molecular weight excluding hydrogens is 236 g/mol. The molecule has 1 atom stereocenters. The van der Waals surface area contributed by atoms with Gasteiger partial charge in [0.25, 0.3) is 0 Å². The van der Waals surface area contributed by atoms with Crippen LogP contribution in [0.15, 0.2) is 11.6 Å². The van der Waals surface area contributed by atoms with E-state index in [0.29, 0.717) is 18.4 Å². The smallest absolute Gasteiger partial charge is 0.328 e. The van der Waals surface area contributed by atoms with E-state index in [1.54, 1.807) is 13.0 Å². The average molecular weight is 252 g/mol. The minimum absolute atomic E-state index is 0.260. The summed E-state index contributed by atoms with van der Waals surface area (Å²) >= 11 is 0. The molecule has 2 rings (SSSR count). The monoisotopic (exact) mass is 252 g/mol. The van der Waals surface area contributed by atoms with Gasteiger partial charge in [-0.1, -0.05) is 13.0 Å². The summed E-state index contributed by atoms with van der Waals surface area (Å²) in [5.74, 6) is -1.20. The third-order valence-corrected chi connectivity index (χ3v) is 3.65. The number of nitrogens with one attached hydrogen (secondary N) is 2. The molecule has 6 nitrogen and oxygen atoms in total. The Morgan fingerprint density at radius 1 is 1.33 bits per heavy atom. The van der Waals surface area contributed by atoms with Crippen molar-refractivity contribution in [2.24, 2.45) is 5.41 Å². The lowest BCUT2D eigenvalue weighted by atomic mass is 9.71. The molecule has 0 saturated carbocycles. The molecule has 0 unspecified atom stereocenters. The molecule has 0 bridgehead atoms. The summed E-state index contributed by atoms with van der Waals surface area (Å²) in [6.45, 7) is 1.72. The number of aliphatic hydroxyl groups is 1. The molecule has 0 spiro atoms. The van der Waals surface area contributed by atoms with Gasteiger partial charge in [-0.05, 0) is 31.3 Å². The molecule has 18 heavy (non-hydrogen) atoms. The van der Waals surface area contributed by atoms with Crippen molar-refractivity contribution in [1.29, 1.82) is 0 Å². The third kappa shape index (κ3) is 1.82. The van der Waals surface area contributed by atoms with Crippen molar-refractivity contribution in [3.63, 3.8) is 0 Å². The Kier molecular flexibility index (Phi) is 3.21. The number of hydrogen-bond acceptors (Lipinski definition) is 4. The van der Waals surface area contributed by atoms with Crippen molar-refractivity contribution in [1.82, 2.24) is 10.6 Å². The van der Waals surface area contributed by atoms with E-state index in [4.69, 9.17) is 0 Å². The summed E-state index contributed by atoms with van der Waals surface area (Å²) < 4.78 is 0. The molecule has 6 heteroatoms. The fraction of sp³-hybridized carbons (Fsp3) is 0.583. The normalized spacial score (nSPS) is 27.3. The predicted octanol–water partition coefficient (Wildman–Crippen LogP) is 0.220. The van der Waals surface area contributed by atoms with Crippen LogP contribution in [0.5, 0.6) is 0 Å². The molecule has 1 aliphatic carbocycles. The first-order chi connectivity index (χ1) is 8.50. The number of amides is 4. The highest BCUT2D eigenvalue weighted by Crippen LogP contribution is 2.39. The molecule has 1 fully saturated rings. The van der Waals surface area contributed by atoms with Crippen molar-refractivity contribution in [3.8, 4) is 0 Å². The van der Waals surface area contributed by atoms with Crippen LogP contribution in [0.4, 0.5) is 4.79 Å². The summed E-state index contributed by atoms with van der Waals surface area (Å²) in [7, 11) is 0. The van der Waals surface area contributed by atoms with Crippen LogP contribution in [0.1, 0.15) is 32.6 Å². The van der Waals surface area contributed by atoms with Gasteiger partial charge in [-0.2, -0.15) is 0 Å². The van der Waals surface area contributed by atoms with Crippen LogP contribution in [-0.2, 0) is 9.59 Å². The van der Waals surface area contributed by atoms with Crippen LogP contribution < -0.4 is 10.6 Å². The number of imide groups is 2. The lowest BCUT2D eigenvalue weighted by Gasteiger charge is -2.37. The SMILES string of the molecule is CCC1(C2=C[C@H](O)CCC2)C(=O)NC(=O)NC1=O. The first-order valence-corrected chi connectivity index (χ1v) is 6.07. The first kappa shape index (κ1) is 12.8. The molecule has 1 heterocycles. The minimum Gasteiger partial charge on any atom is -0.389 e.